The lowest BCUT2D eigenvalue weighted by atomic mass is 10.0. The van der Waals surface area contributed by atoms with E-state index in [9.17, 15) is 14.9 Å². The summed E-state index contributed by atoms with van der Waals surface area (Å²) in [6.45, 7) is 0. The van der Waals surface area contributed by atoms with Crippen molar-refractivity contribution in [3.05, 3.63) is 39.2 Å². The second kappa shape index (κ2) is 8.50. The maximum absolute atomic E-state index is 12.1. The zero-order valence-corrected chi connectivity index (χ0v) is 15.5. The largest absolute Gasteiger partial charge is 0.320 e. The van der Waals surface area contributed by atoms with E-state index in [-0.39, 0.29) is 23.0 Å². The number of halogens is 1. The highest BCUT2D eigenvalue weighted by molar-refractivity contribution is 7.99. The van der Waals surface area contributed by atoms with E-state index in [0.29, 0.717) is 16.1 Å². The Morgan fingerprint density at radius 1 is 1.42 bits per heavy atom. The van der Waals surface area contributed by atoms with Gasteiger partial charge in [0.25, 0.3) is 5.69 Å². The van der Waals surface area contributed by atoms with Crippen molar-refractivity contribution in [2.45, 2.75) is 37.3 Å². The summed E-state index contributed by atoms with van der Waals surface area (Å²) in [5, 5.41) is 21.4. The van der Waals surface area contributed by atoms with Crippen molar-refractivity contribution in [2.24, 2.45) is 5.92 Å². The number of rotatable bonds is 7. The fourth-order valence-corrected chi connectivity index (χ4v) is 3.79. The molecule has 138 valence electrons. The summed E-state index contributed by atoms with van der Waals surface area (Å²) in [4.78, 5) is 26.9. The summed E-state index contributed by atoms with van der Waals surface area (Å²) in [6.07, 6.45) is 5.88. The molecule has 1 aromatic carbocycles. The predicted octanol–water partition coefficient (Wildman–Crippen LogP) is 3.83. The molecule has 10 heteroatoms. The third-order valence-corrected chi connectivity index (χ3v) is 5.31. The number of nitrogens with one attached hydrogen (secondary N) is 2. The van der Waals surface area contributed by atoms with E-state index in [2.05, 4.69) is 20.5 Å². The highest BCUT2D eigenvalue weighted by Gasteiger charge is 2.19. The van der Waals surface area contributed by atoms with Gasteiger partial charge in [0, 0.05) is 17.5 Å². The summed E-state index contributed by atoms with van der Waals surface area (Å²) in [5.74, 6) is 1.16. The minimum Gasteiger partial charge on any atom is -0.320 e. The number of aromatic amines is 1. The zero-order chi connectivity index (χ0) is 18.5. The second-order valence-electron chi connectivity index (χ2n) is 6.17. The van der Waals surface area contributed by atoms with Crippen LogP contribution in [-0.2, 0) is 11.2 Å². The van der Waals surface area contributed by atoms with Gasteiger partial charge in [-0.2, -0.15) is 0 Å². The molecule has 0 spiro atoms. The van der Waals surface area contributed by atoms with Crippen LogP contribution in [0.3, 0.4) is 0 Å². The van der Waals surface area contributed by atoms with Gasteiger partial charge in [0.2, 0.25) is 11.1 Å². The summed E-state index contributed by atoms with van der Waals surface area (Å²) in [5.41, 5.74) is -0.130. The van der Waals surface area contributed by atoms with Gasteiger partial charge in [0.05, 0.1) is 10.7 Å². The smallest absolute Gasteiger partial charge is 0.292 e. The van der Waals surface area contributed by atoms with Crippen LogP contribution in [0.4, 0.5) is 11.4 Å². The van der Waals surface area contributed by atoms with Crippen LogP contribution in [0.5, 0.6) is 0 Å². The maximum Gasteiger partial charge on any atom is 0.292 e. The molecule has 1 aromatic heterocycles. The Bertz CT molecular complexity index is 807. The van der Waals surface area contributed by atoms with Gasteiger partial charge in [-0.1, -0.05) is 49.0 Å². The number of benzene rings is 1. The molecular formula is C16H18ClN5O3S. The van der Waals surface area contributed by atoms with Crippen molar-refractivity contribution in [3.8, 4) is 0 Å². The first-order valence-electron chi connectivity index (χ1n) is 8.29. The Morgan fingerprint density at radius 2 is 2.19 bits per heavy atom. The fraction of sp³-hybridized carbons (Fsp3) is 0.438. The van der Waals surface area contributed by atoms with Crippen LogP contribution in [0.25, 0.3) is 0 Å². The van der Waals surface area contributed by atoms with Gasteiger partial charge in [0.1, 0.15) is 11.5 Å². The standard InChI is InChI=1S/C16H18ClN5O3S/c17-11-5-6-13(22(24)25)12(8-11)18-15(23)9-26-16-19-14(20-21-16)7-10-3-1-2-4-10/h5-6,8,10H,1-4,7,9H2,(H,18,23)(H,19,20,21). The average molecular weight is 396 g/mol. The maximum atomic E-state index is 12.1. The van der Waals surface area contributed by atoms with Crippen molar-refractivity contribution in [1.82, 2.24) is 15.2 Å². The summed E-state index contributed by atoms with van der Waals surface area (Å²) in [6, 6.07) is 4.02. The number of carbonyl (C=O) groups is 1. The molecule has 1 aliphatic rings. The number of nitrogens with zero attached hydrogens (tertiary/aromatic N) is 3. The summed E-state index contributed by atoms with van der Waals surface area (Å²) < 4.78 is 0. The van der Waals surface area contributed by atoms with E-state index in [4.69, 9.17) is 11.6 Å². The third kappa shape index (κ3) is 4.95. The van der Waals surface area contributed by atoms with Crippen LogP contribution in [0.1, 0.15) is 31.5 Å². The van der Waals surface area contributed by atoms with Crippen LogP contribution in [-0.4, -0.2) is 31.8 Å². The Hall–Kier alpha value is -2.13. The van der Waals surface area contributed by atoms with Crippen LogP contribution < -0.4 is 5.32 Å². The molecule has 1 amide bonds. The van der Waals surface area contributed by atoms with Gasteiger partial charge in [-0.15, -0.1) is 5.10 Å². The number of H-pyrrole nitrogens is 1. The van der Waals surface area contributed by atoms with E-state index in [1.54, 1.807) is 0 Å². The first-order valence-corrected chi connectivity index (χ1v) is 9.65. The highest BCUT2D eigenvalue weighted by Crippen LogP contribution is 2.29. The predicted molar refractivity (Wildman–Crippen MR) is 99.5 cm³/mol. The normalized spacial score (nSPS) is 14.5. The quantitative estimate of drug-likeness (QED) is 0.418. The average Bonchev–Trinajstić information content (AvgIpc) is 3.25. The van der Waals surface area contributed by atoms with Crippen LogP contribution in [0, 0.1) is 16.0 Å². The first kappa shape index (κ1) is 18.7. The molecule has 0 aliphatic heterocycles. The van der Waals surface area contributed by atoms with Crippen molar-refractivity contribution in [1.29, 1.82) is 0 Å². The van der Waals surface area contributed by atoms with Crippen molar-refractivity contribution >= 4 is 40.6 Å². The molecule has 1 heterocycles. The molecule has 0 unspecified atom stereocenters. The Morgan fingerprint density at radius 3 is 2.92 bits per heavy atom. The van der Waals surface area contributed by atoms with Gasteiger partial charge in [-0.3, -0.25) is 20.0 Å². The number of amides is 1. The number of nitro benzene ring substituents is 1. The number of thioether (sulfide) groups is 1. The van der Waals surface area contributed by atoms with Crippen LogP contribution in [0.15, 0.2) is 23.4 Å². The molecule has 2 aromatic rings. The molecule has 3 rings (SSSR count). The van der Waals surface area contributed by atoms with Crippen molar-refractivity contribution in [2.75, 3.05) is 11.1 Å². The number of aromatic nitrogens is 3. The number of carbonyl (C=O) groups excluding carboxylic acids is 1. The lowest BCUT2D eigenvalue weighted by Crippen LogP contribution is -2.15. The topological polar surface area (TPSA) is 114 Å². The lowest BCUT2D eigenvalue weighted by Gasteiger charge is -2.05. The van der Waals surface area contributed by atoms with Gasteiger partial charge >= 0.3 is 0 Å². The molecule has 1 fully saturated rings. The Balaban J connectivity index is 1.54. The lowest BCUT2D eigenvalue weighted by molar-refractivity contribution is -0.383. The molecule has 0 bridgehead atoms. The first-order chi connectivity index (χ1) is 12.5. The second-order valence-corrected chi connectivity index (χ2v) is 7.55. The van der Waals surface area contributed by atoms with Crippen LogP contribution in [0.2, 0.25) is 5.02 Å². The van der Waals surface area contributed by atoms with E-state index in [1.807, 2.05) is 0 Å². The molecule has 26 heavy (non-hydrogen) atoms. The number of anilines is 1. The van der Waals surface area contributed by atoms with Gasteiger partial charge < -0.3 is 5.32 Å². The van der Waals surface area contributed by atoms with Gasteiger partial charge in [0.15, 0.2) is 0 Å². The SMILES string of the molecule is O=C(CSc1n[nH]c(CC2CCCC2)n1)Nc1cc(Cl)ccc1[N+](=O)[O-]. The third-order valence-electron chi connectivity index (χ3n) is 4.23. The molecule has 0 saturated heterocycles. The number of hydrogen-bond donors (Lipinski definition) is 2. The molecule has 8 nitrogen and oxygen atoms in total. The molecule has 0 radical (unpaired) electrons. The monoisotopic (exact) mass is 395 g/mol. The van der Waals surface area contributed by atoms with Gasteiger partial charge in [-0.25, -0.2) is 4.98 Å². The Kier molecular flexibility index (Phi) is 6.10. The van der Waals surface area contributed by atoms with Crippen molar-refractivity contribution < 1.29 is 9.72 Å². The molecule has 2 N–H and O–H groups in total. The zero-order valence-electron chi connectivity index (χ0n) is 13.9. The molecule has 1 aliphatic carbocycles. The summed E-state index contributed by atoms with van der Waals surface area (Å²) in [7, 11) is 0. The number of hydrogen-bond acceptors (Lipinski definition) is 6. The van der Waals surface area contributed by atoms with E-state index < -0.39 is 4.92 Å². The van der Waals surface area contributed by atoms with Gasteiger partial charge in [-0.05, 0) is 18.1 Å². The molecular weight excluding hydrogens is 378 g/mol. The molecule has 1 saturated carbocycles. The number of nitro groups is 1. The Labute approximate surface area is 159 Å². The fourth-order valence-electron chi connectivity index (χ4n) is 3.01. The molecule has 0 atom stereocenters. The van der Waals surface area contributed by atoms with Crippen molar-refractivity contribution in [3.63, 3.8) is 0 Å². The highest BCUT2D eigenvalue weighted by atomic mass is 35.5. The minimum absolute atomic E-state index is 0.0460. The van der Waals surface area contributed by atoms with Crippen LogP contribution >= 0.6 is 23.4 Å². The van der Waals surface area contributed by atoms with E-state index in [1.165, 1.54) is 55.6 Å². The summed E-state index contributed by atoms with van der Waals surface area (Å²) >= 11 is 7.02. The van der Waals surface area contributed by atoms with E-state index in [0.717, 1.165) is 12.2 Å². The minimum atomic E-state index is -0.566. The van der Waals surface area contributed by atoms with E-state index >= 15 is 0 Å².